The van der Waals surface area contributed by atoms with Gasteiger partial charge >= 0.3 is 0 Å². The maximum absolute atomic E-state index is 4.51. The molecule has 0 spiro atoms. The first-order valence-electron chi connectivity index (χ1n) is 7.41. The minimum absolute atomic E-state index is 0.722. The predicted octanol–water partition coefficient (Wildman–Crippen LogP) is 2.24. The van der Waals surface area contributed by atoms with Crippen LogP contribution in [0.5, 0.6) is 0 Å². The van der Waals surface area contributed by atoms with E-state index in [1.807, 2.05) is 24.4 Å². The summed E-state index contributed by atoms with van der Waals surface area (Å²) in [5, 5.41) is 8.02. The monoisotopic (exact) mass is 273 g/mol. The average Bonchev–Trinajstić information content (AvgIpc) is 2.95. The molecule has 1 fully saturated rings. The summed E-state index contributed by atoms with van der Waals surface area (Å²) < 4.78 is 1.90. The molecule has 20 heavy (non-hydrogen) atoms. The van der Waals surface area contributed by atoms with Gasteiger partial charge < -0.3 is 10.2 Å². The van der Waals surface area contributed by atoms with Crippen molar-refractivity contribution in [2.45, 2.75) is 39.2 Å². The van der Waals surface area contributed by atoms with Crippen molar-refractivity contribution in [2.24, 2.45) is 0 Å². The smallest absolute Gasteiger partial charge is 0.157 e. The fraction of sp³-hybridized carbons (Fsp3) is 0.600. The second-order valence-electron chi connectivity index (χ2n) is 5.83. The summed E-state index contributed by atoms with van der Waals surface area (Å²) in [4.78, 5) is 6.97. The number of rotatable bonds is 4. The molecule has 5 nitrogen and oxygen atoms in total. The number of fused-ring (bicyclic) bond motifs is 1. The number of anilines is 1. The Balaban J connectivity index is 1.70. The molecule has 1 aliphatic heterocycles. The quantitative estimate of drug-likeness (QED) is 0.928. The maximum atomic E-state index is 4.51. The second kappa shape index (κ2) is 5.40. The molecular formula is C15H23N5. The van der Waals surface area contributed by atoms with Gasteiger partial charge in [0, 0.05) is 30.4 Å². The number of aromatic nitrogens is 3. The van der Waals surface area contributed by atoms with Gasteiger partial charge in [0.1, 0.15) is 5.82 Å². The summed E-state index contributed by atoms with van der Waals surface area (Å²) in [6, 6.07) is 4.81. The van der Waals surface area contributed by atoms with E-state index in [4.69, 9.17) is 0 Å². The normalized spacial score (nSPS) is 19.9. The average molecular weight is 273 g/mol. The first-order chi connectivity index (χ1) is 9.63. The molecule has 3 heterocycles. The van der Waals surface area contributed by atoms with E-state index in [2.05, 4.69) is 33.4 Å². The molecule has 1 unspecified atom stereocenters. The SMILES string of the molecule is Cc1cc(NCCC2CCCN2C)n2nc(C)cc2n1. The van der Waals surface area contributed by atoms with E-state index < -0.39 is 0 Å². The molecule has 1 atom stereocenters. The maximum Gasteiger partial charge on any atom is 0.157 e. The van der Waals surface area contributed by atoms with E-state index in [1.54, 1.807) is 0 Å². The summed E-state index contributed by atoms with van der Waals surface area (Å²) in [6.45, 7) is 6.24. The standard InChI is InChI=1S/C15H23N5/c1-11-9-14(20-15(17-11)10-12(2)18-20)16-7-6-13-5-4-8-19(13)3/h9-10,13,16H,4-8H2,1-3H3. The Morgan fingerprint density at radius 2 is 2.15 bits per heavy atom. The number of nitrogens with one attached hydrogen (secondary N) is 1. The summed E-state index contributed by atoms with van der Waals surface area (Å²) in [7, 11) is 2.23. The van der Waals surface area contributed by atoms with Crippen LogP contribution in [0.25, 0.3) is 5.65 Å². The first kappa shape index (κ1) is 13.4. The summed E-state index contributed by atoms with van der Waals surface area (Å²) >= 11 is 0. The van der Waals surface area contributed by atoms with Gasteiger partial charge in [-0.2, -0.15) is 9.61 Å². The van der Waals surface area contributed by atoms with E-state index >= 15 is 0 Å². The summed E-state index contributed by atoms with van der Waals surface area (Å²) in [6.07, 6.45) is 3.83. The predicted molar refractivity (Wildman–Crippen MR) is 81.2 cm³/mol. The number of hydrogen-bond acceptors (Lipinski definition) is 4. The van der Waals surface area contributed by atoms with Gasteiger partial charge in [0.2, 0.25) is 0 Å². The lowest BCUT2D eigenvalue weighted by atomic mass is 10.1. The van der Waals surface area contributed by atoms with Crippen molar-refractivity contribution in [3.8, 4) is 0 Å². The highest BCUT2D eigenvalue weighted by Gasteiger charge is 2.20. The third-order valence-electron chi connectivity index (χ3n) is 4.13. The zero-order valence-corrected chi connectivity index (χ0v) is 12.6. The van der Waals surface area contributed by atoms with Crippen LogP contribution >= 0.6 is 0 Å². The van der Waals surface area contributed by atoms with E-state index in [-0.39, 0.29) is 0 Å². The van der Waals surface area contributed by atoms with Gasteiger partial charge in [-0.05, 0) is 46.7 Å². The highest BCUT2D eigenvalue weighted by molar-refractivity contribution is 5.50. The van der Waals surface area contributed by atoms with Gasteiger partial charge in [0.05, 0.1) is 5.69 Å². The van der Waals surface area contributed by atoms with Crippen LogP contribution in [0.2, 0.25) is 0 Å². The van der Waals surface area contributed by atoms with Crippen LogP contribution in [0.3, 0.4) is 0 Å². The molecule has 0 amide bonds. The molecule has 2 aromatic rings. The zero-order valence-electron chi connectivity index (χ0n) is 12.6. The van der Waals surface area contributed by atoms with Crippen molar-refractivity contribution in [1.82, 2.24) is 19.5 Å². The third-order valence-corrected chi connectivity index (χ3v) is 4.13. The van der Waals surface area contributed by atoms with Crippen molar-refractivity contribution in [2.75, 3.05) is 25.5 Å². The Morgan fingerprint density at radius 1 is 1.30 bits per heavy atom. The minimum atomic E-state index is 0.722. The number of nitrogens with zero attached hydrogens (tertiary/aromatic N) is 4. The molecule has 1 saturated heterocycles. The first-order valence-corrected chi connectivity index (χ1v) is 7.41. The Labute approximate surface area is 120 Å². The molecule has 0 saturated carbocycles. The van der Waals surface area contributed by atoms with Gasteiger partial charge in [-0.25, -0.2) is 4.98 Å². The lowest BCUT2D eigenvalue weighted by Crippen LogP contribution is -2.27. The van der Waals surface area contributed by atoms with Gasteiger partial charge in [0.25, 0.3) is 0 Å². The fourth-order valence-corrected chi connectivity index (χ4v) is 3.05. The van der Waals surface area contributed by atoms with Gasteiger partial charge in [-0.15, -0.1) is 0 Å². The van der Waals surface area contributed by atoms with E-state index in [0.717, 1.165) is 35.4 Å². The van der Waals surface area contributed by atoms with Crippen molar-refractivity contribution >= 4 is 11.5 Å². The molecule has 2 aromatic heterocycles. The molecule has 0 aliphatic carbocycles. The topological polar surface area (TPSA) is 45.5 Å². The Kier molecular flexibility index (Phi) is 3.61. The summed E-state index contributed by atoms with van der Waals surface area (Å²) in [5.41, 5.74) is 2.95. The molecule has 0 aromatic carbocycles. The molecule has 0 bridgehead atoms. The third kappa shape index (κ3) is 2.63. The Hall–Kier alpha value is -1.62. The van der Waals surface area contributed by atoms with Crippen LogP contribution in [0.1, 0.15) is 30.7 Å². The van der Waals surface area contributed by atoms with E-state index in [9.17, 15) is 0 Å². The Bertz CT molecular complexity index is 604. The van der Waals surface area contributed by atoms with Crippen LogP contribution in [0, 0.1) is 13.8 Å². The van der Waals surface area contributed by atoms with Crippen molar-refractivity contribution in [3.05, 3.63) is 23.5 Å². The molecule has 108 valence electrons. The van der Waals surface area contributed by atoms with Gasteiger partial charge in [-0.3, -0.25) is 0 Å². The van der Waals surface area contributed by atoms with Gasteiger partial charge in [0.15, 0.2) is 5.65 Å². The van der Waals surface area contributed by atoms with E-state index in [1.165, 1.54) is 25.8 Å². The lowest BCUT2D eigenvalue weighted by molar-refractivity contribution is 0.301. The van der Waals surface area contributed by atoms with Crippen molar-refractivity contribution in [1.29, 1.82) is 0 Å². The molecule has 5 heteroatoms. The highest BCUT2D eigenvalue weighted by atomic mass is 15.3. The molecule has 3 rings (SSSR count). The zero-order chi connectivity index (χ0) is 14.1. The molecule has 1 N–H and O–H groups in total. The van der Waals surface area contributed by atoms with Crippen molar-refractivity contribution < 1.29 is 0 Å². The number of aryl methyl sites for hydroxylation is 2. The highest BCUT2D eigenvalue weighted by Crippen LogP contribution is 2.18. The van der Waals surface area contributed by atoms with Crippen LogP contribution in [-0.2, 0) is 0 Å². The van der Waals surface area contributed by atoms with Crippen molar-refractivity contribution in [3.63, 3.8) is 0 Å². The van der Waals surface area contributed by atoms with Crippen LogP contribution in [-0.4, -0.2) is 45.7 Å². The van der Waals surface area contributed by atoms with E-state index in [0.29, 0.717) is 0 Å². The molecular weight excluding hydrogens is 250 g/mol. The van der Waals surface area contributed by atoms with Crippen LogP contribution in [0.15, 0.2) is 12.1 Å². The van der Waals surface area contributed by atoms with Gasteiger partial charge in [-0.1, -0.05) is 0 Å². The number of hydrogen-bond donors (Lipinski definition) is 1. The minimum Gasteiger partial charge on any atom is -0.370 e. The summed E-state index contributed by atoms with van der Waals surface area (Å²) in [5.74, 6) is 1.04. The van der Waals surface area contributed by atoms with Crippen LogP contribution < -0.4 is 5.32 Å². The Morgan fingerprint density at radius 3 is 2.90 bits per heavy atom. The lowest BCUT2D eigenvalue weighted by Gasteiger charge is -2.19. The number of likely N-dealkylation sites (tertiary alicyclic amines) is 1. The second-order valence-corrected chi connectivity index (χ2v) is 5.83. The largest absolute Gasteiger partial charge is 0.370 e. The molecule has 1 aliphatic rings. The molecule has 0 radical (unpaired) electrons. The fourth-order valence-electron chi connectivity index (χ4n) is 3.05. The van der Waals surface area contributed by atoms with Crippen LogP contribution in [0.4, 0.5) is 5.82 Å².